The van der Waals surface area contributed by atoms with Crippen LogP contribution in [0.5, 0.6) is 0 Å². The zero-order chi connectivity index (χ0) is 12.6. The second-order valence-electron chi connectivity index (χ2n) is 4.34. The van der Waals surface area contributed by atoms with Crippen LogP contribution in [0.2, 0.25) is 0 Å². The SMILES string of the molecule is CCC(C)(C(N)=O)c1cc(F)cc2ccoc12. The van der Waals surface area contributed by atoms with E-state index >= 15 is 0 Å². The lowest BCUT2D eigenvalue weighted by molar-refractivity contribution is -0.123. The normalized spacial score (nSPS) is 14.8. The van der Waals surface area contributed by atoms with Gasteiger partial charge in [0.05, 0.1) is 11.7 Å². The Morgan fingerprint density at radius 3 is 2.82 bits per heavy atom. The highest BCUT2D eigenvalue weighted by molar-refractivity contribution is 5.92. The van der Waals surface area contributed by atoms with Gasteiger partial charge >= 0.3 is 0 Å². The van der Waals surface area contributed by atoms with Crippen LogP contribution < -0.4 is 5.73 Å². The van der Waals surface area contributed by atoms with E-state index in [1.165, 1.54) is 18.4 Å². The van der Waals surface area contributed by atoms with Crippen LogP contribution in [-0.4, -0.2) is 5.91 Å². The van der Waals surface area contributed by atoms with Crippen LogP contribution in [0, 0.1) is 5.82 Å². The molecule has 0 aliphatic carbocycles. The number of furan rings is 1. The smallest absolute Gasteiger partial charge is 0.227 e. The molecule has 1 atom stereocenters. The monoisotopic (exact) mass is 235 g/mol. The van der Waals surface area contributed by atoms with Crippen LogP contribution in [0.15, 0.2) is 28.9 Å². The molecule has 17 heavy (non-hydrogen) atoms. The van der Waals surface area contributed by atoms with E-state index in [2.05, 4.69) is 0 Å². The molecule has 0 bridgehead atoms. The Kier molecular flexibility index (Phi) is 2.65. The van der Waals surface area contributed by atoms with E-state index in [1.54, 1.807) is 13.0 Å². The first-order valence-electron chi connectivity index (χ1n) is 5.46. The largest absolute Gasteiger partial charge is 0.464 e. The van der Waals surface area contributed by atoms with Crippen LogP contribution in [0.4, 0.5) is 4.39 Å². The Balaban J connectivity index is 2.76. The van der Waals surface area contributed by atoms with Crippen LogP contribution in [0.3, 0.4) is 0 Å². The van der Waals surface area contributed by atoms with Gasteiger partial charge in [-0.05, 0) is 31.5 Å². The summed E-state index contributed by atoms with van der Waals surface area (Å²) in [5, 5.41) is 0.640. The van der Waals surface area contributed by atoms with Crippen molar-refractivity contribution in [1.82, 2.24) is 0 Å². The molecule has 0 fully saturated rings. The van der Waals surface area contributed by atoms with Crippen molar-refractivity contribution in [2.75, 3.05) is 0 Å². The first-order valence-corrected chi connectivity index (χ1v) is 5.46. The molecular weight excluding hydrogens is 221 g/mol. The van der Waals surface area contributed by atoms with Crippen molar-refractivity contribution in [1.29, 1.82) is 0 Å². The van der Waals surface area contributed by atoms with Crippen molar-refractivity contribution in [2.24, 2.45) is 5.73 Å². The van der Waals surface area contributed by atoms with Crippen LogP contribution in [-0.2, 0) is 10.2 Å². The maximum absolute atomic E-state index is 13.5. The predicted octanol–water partition coefficient (Wildman–Crippen LogP) is 2.72. The van der Waals surface area contributed by atoms with Crippen molar-refractivity contribution in [3.63, 3.8) is 0 Å². The maximum Gasteiger partial charge on any atom is 0.227 e. The summed E-state index contributed by atoms with van der Waals surface area (Å²) >= 11 is 0. The summed E-state index contributed by atoms with van der Waals surface area (Å²) < 4.78 is 18.8. The van der Waals surface area contributed by atoms with Crippen molar-refractivity contribution in [3.05, 3.63) is 35.8 Å². The van der Waals surface area contributed by atoms with Crippen molar-refractivity contribution >= 4 is 16.9 Å². The van der Waals surface area contributed by atoms with Crippen LogP contribution in [0.1, 0.15) is 25.8 Å². The van der Waals surface area contributed by atoms with Gasteiger partial charge < -0.3 is 10.2 Å². The highest BCUT2D eigenvalue weighted by Gasteiger charge is 2.34. The third-order valence-corrected chi connectivity index (χ3v) is 3.36. The molecular formula is C13H14FNO2. The van der Waals surface area contributed by atoms with Gasteiger partial charge in [-0.15, -0.1) is 0 Å². The second kappa shape index (κ2) is 3.87. The number of carbonyl (C=O) groups is 1. The minimum atomic E-state index is -0.918. The molecule has 2 N–H and O–H groups in total. The van der Waals surface area contributed by atoms with Gasteiger partial charge in [-0.1, -0.05) is 6.92 Å². The van der Waals surface area contributed by atoms with E-state index in [-0.39, 0.29) is 0 Å². The zero-order valence-electron chi connectivity index (χ0n) is 9.79. The standard InChI is InChI=1S/C13H14FNO2/c1-3-13(2,12(15)16)10-7-9(14)6-8-4-5-17-11(8)10/h4-7H,3H2,1-2H3,(H2,15,16). The number of carbonyl (C=O) groups excluding carboxylic acids is 1. The van der Waals surface area contributed by atoms with Gasteiger partial charge in [0.25, 0.3) is 0 Å². The molecule has 1 unspecified atom stereocenters. The Morgan fingerprint density at radius 2 is 2.24 bits per heavy atom. The quantitative estimate of drug-likeness (QED) is 0.889. The number of nitrogens with two attached hydrogens (primary N) is 1. The van der Waals surface area contributed by atoms with Crippen molar-refractivity contribution in [3.8, 4) is 0 Å². The Labute approximate surface area is 98.4 Å². The average molecular weight is 235 g/mol. The third kappa shape index (κ3) is 1.69. The number of halogens is 1. The summed E-state index contributed by atoms with van der Waals surface area (Å²) in [5.74, 6) is -0.877. The summed E-state index contributed by atoms with van der Waals surface area (Å²) in [6.45, 7) is 3.54. The van der Waals surface area contributed by atoms with Crippen LogP contribution in [0.25, 0.3) is 11.0 Å². The van der Waals surface area contributed by atoms with E-state index < -0.39 is 17.1 Å². The topological polar surface area (TPSA) is 56.2 Å². The van der Waals surface area contributed by atoms with E-state index in [4.69, 9.17) is 10.2 Å². The summed E-state index contributed by atoms with van der Waals surface area (Å²) in [4.78, 5) is 11.6. The predicted molar refractivity (Wildman–Crippen MR) is 63.0 cm³/mol. The molecule has 1 aromatic carbocycles. The van der Waals surface area contributed by atoms with Crippen molar-refractivity contribution < 1.29 is 13.6 Å². The van der Waals surface area contributed by atoms with E-state index in [1.807, 2.05) is 6.92 Å². The Morgan fingerprint density at radius 1 is 1.53 bits per heavy atom. The third-order valence-electron chi connectivity index (χ3n) is 3.36. The highest BCUT2D eigenvalue weighted by Crippen LogP contribution is 2.34. The summed E-state index contributed by atoms with van der Waals surface area (Å²) in [6.07, 6.45) is 1.96. The van der Waals surface area contributed by atoms with Gasteiger partial charge in [0.2, 0.25) is 5.91 Å². The maximum atomic E-state index is 13.5. The van der Waals surface area contributed by atoms with Gasteiger partial charge in [-0.25, -0.2) is 4.39 Å². The summed E-state index contributed by atoms with van der Waals surface area (Å²) in [5.41, 5.74) is 5.53. The van der Waals surface area contributed by atoms with Gasteiger partial charge in [0.1, 0.15) is 11.4 Å². The molecule has 1 heterocycles. The molecule has 3 nitrogen and oxygen atoms in total. The fraction of sp³-hybridized carbons (Fsp3) is 0.308. The Bertz CT molecular complexity index is 576. The van der Waals surface area contributed by atoms with Crippen molar-refractivity contribution in [2.45, 2.75) is 25.7 Å². The summed E-state index contributed by atoms with van der Waals surface area (Å²) in [7, 11) is 0. The number of hydrogen-bond donors (Lipinski definition) is 1. The first kappa shape index (κ1) is 11.6. The van der Waals surface area contributed by atoms with Gasteiger partial charge in [0, 0.05) is 10.9 Å². The van der Waals surface area contributed by atoms with E-state index in [9.17, 15) is 9.18 Å². The minimum Gasteiger partial charge on any atom is -0.464 e. The van der Waals surface area contributed by atoms with Crippen LogP contribution >= 0.6 is 0 Å². The van der Waals surface area contributed by atoms with E-state index in [0.29, 0.717) is 23.0 Å². The molecule has 0 spiro atoms. The molecule has 1 amide bonds. The number of hydrogen-bond acceptors (Lipinski definition) is 2. The lowest BCUT2D eigenvalue weighted by Crippen LogP contribution is -2.38. The molecule has 0 aliphatic heterocycles. The summed E-state index contributed by atoms with van der Waals surface area (Å²) in [6, 6.07) is 4.36. The molecule has 90 valence electrons. The lowest BCUT2D eigenvalue weighted by Gasteiger charge is -2.24. The molecule has 1 aromatic heterocycles. The molecule has 0 saturated heterocycles. The number of amides is 1. The minimum absolute atomic E-state index is 0.394. The molecule has 0 radical (unpaired) electrons. The first-order chi connectivity index (χ1) is 7.99. The highest BCUT2D eigenvalue weighted by atomic mass is 19.1. The lowest BCUT2D eigenvalue weighted by atomic mass is 9.78. The molecule has 0 saturated carbocycles. The number of benzene rings is 1. The average Bonchev–Trinajstić information content (AvgIpc) is 2.74. The Hall–Kier alpha value is -1.84. The second-order valence-corrected chi connectivity index (χ2v) is 4.34. The van der Waals surface area contributed by atoms with Gasteiger partial charge in [-0.2, -0.15) is 0 Å². The number of primary amides is 1. The van der Waals surface area contributed by atoms with E-state index in [0.717, 1.165) is 0 Å². The van der Waals surface area contributed by atoms with Gasteiger partial charge in [0.15, 0.2) is 0 Å². The fourth-order valence-corrected chi connectivity index (χ4v) is 1.95. The molecule has 2 rings (SSSR count). The molecule has 0 aliphatic rings. The molecule has 4 heteroatoms. The number of fused-ring (bicyclic) bond motifs is 1. The molecule has 2 aromatic rings. The zero-order valence-corrected chi connectivity index (χ0v) is 9.79. The van der Waals surface area contributed by atoms with Gasteiger partial charge in [-0.3, -0.25) is 4.79 Å². The fourth-order valence-electron chi connectivity index (χ4n) is 1.95. The number of rotatable bonds is 3.